The molecule has 0 radical (unpaired) electrons. The van der Waals surface area contributed by atoms with Gasteiger partial charge < -0.3 is 14.6 Å². The lowest BCUT2D eigenvalue weighted by Gasteiger charge is -2.12. The van der Waals surface area contributed by atoms with E-state index in [1.807, 2.05) is 12.5 Å². The number of nitrogens with zero attached hydrogens (tertiary/aromatic N) is 2. The molecule has 17 heavy (non-hydrogen) atoms. The van der Waals surface area contributed by atoms with Crippen molar-refractivity contribution in [3.8, 4) is 0 Å². The first kappa shape index (κ1) is 14.2. The second-order valence-corrected chi connectivity index (χ2v) is 4.53. The topological polar surface area (TPSA) is 39.1 Å². The number of nitrogens with one attached hydrogen (secondary N) is 1. The predicted molar refractivity (Wildman–Crippen MR) is 70.0 cm³/mol. The third-order valence-corrected chi connectivity index (χ3v) is 2.60. The molecule has 0 aliphatic carbocycles. The average molecular weight is 239 g/mol. The lowest BCUT2D eigenvalue weighted by molar-refractivity contribution is 0.132. The van der Waals surface area contributed by atoms with Crippen molar-refractivity contribution in [2.75, 3.05) is 19.8 Å². The van der Waals surface area contributed by atoms with E-state index >= 15 is 0 Å². The van der Waals surface area contributed by atoms with E-state index < -0.39 is 0 Å². The van der Waals surface area contributed by atoms with Gasteiger partial charge in [-0.15, -0.1) is 0 Å². The highest BCUT2D eigenvalue weighted by atomic mass is 16.5. The van der Waals surface area contributed by atoms with Crippen LogP contribution < -0.4 is 5.32 Å². The smallest absolute Gasteiger partial charge is 0.0951 e. The molecule has 0 spiro atoms. The quantitative estimate of drug-likeness (QED) is 0.672. The Morgan fingerprint density at radius 3 is 2.94 bits per heavy atom. The molecule has 1 aromatic heterocycles. The molecule has 1 N–H and O–H groups in total. The second kappa shape index (κ2) is 8.25. The van der Waals surface area contributed by atoms with Crippen molar-refractivity contribution in [1.82, 2.24) is 14.9 Å². The molecule has 0 atom stereocenters. The van der Waals surface area contributed by atoms with Crippen LogP contribution in [0.3, 0.4) is 0 Å². The molecular formula is C13H25N3O. The molecule has 98 valence electrons. The van der Waals surface area contributed by atoms with Gasteiger partial charge in [0.2, 0.25) is 0 Å². The van der Waals surface area contributed by atoms with Gasteiger partial charge in [0.1, 0.15) is 0 Å². The van der Waals surface area contributed by atoms with Crippen LogP contribution in [-0.2, 0) is 11.3 Å². The summed E-state index contributed by atoms with van der Waals surface area (Å²) in [6.45, 7) is 10.1. The summed E-state index contributed by atoms with van der Waals surface area (Å²) in [5, 5.41) is 3.42. The summed E-state index contributed by atoms with van der Waals surface area (Å²) in [6, 6.07) is 0.474. The largest absolute Gasteiger partial charge is 0.381 e. The van der Waals surface area contributed by atoms with E-state index in [0.29, 0.717) is 6.04 Å². The molecule has 1 aromatic rings. The van der Waals surface area contributed by atoms with Crippen LogP contribution in [0.5, 0.6) is 0 Å². The molecule has 1 rings (SSSR count). The van der Waals surface area contributed by atoms with Gasteiger partial charge >= 0.3 is 0 Å². The van der Waals surface area contributed by atoms with Gasteiger partial charge in [0.25, 0.3) is 0 Å². The van der Waals surface area contributed by atoms with Gasteiger partial charge in [-0.05, 0) is 33.2 Å². The number of hydrogen-bond donors (Lipinski definition) is 1. The SMILES string of the molecule is CCCOCCCNCc1cncn1C(C)C. The van der Waals surface area contributed by atoms with Crippen LogP contribution in [0.1, 0.15) is 45.3 Å². The molecule has 0 aliphatic rings. The van der Waals surface area contributed by atoms with Gasteiger partial charge in [-0.25, -0.2) is 4.98 Å². The highest BCUT2D eigenvalue weighted by molar-refractivity contribution is 4.99. The molecule has 0 aliphatic heterocycles. The van der Waals surface area contributed by atoms with Gasteiger partial charge in [0, 0.05) is 32.0 Å². The Bertz CT molecular complexity index is 297. The van der Waals surface area contributed by atoms with Gasteiger partial charge in [-0.1, -0.05) is 6.92 Å². The fourth-order valence-corrected chi connectivity index (χ4v) is 1.70. The van der Waals surface area contributed by atoms with E-state index in [1.54, 1.807) is 0 Å². The highest BCUT2D eigenvalue weighted by Crippen LogP contribution is 2.08. The molecular weight excluding hydrogens is 214 g/mol. The summed E-state index contributed by atoms with van der Waals surface area (Å²) in [5.74, 6) is 0. The molecule has 1 heterocycles. The summed E-state index contributed by atoms with van der Waals surface area (Å²) in [5.41, 5.74) is 1.24. The van der Waals surface area contributed by atoms with Gasteiger partial charge in [0.05, 0.1) is 12.0 Å². The van der Waals surface area contributed by atoms with Crippen molar-refractivity contribution in [3.05, 3.63) is 18.2 Å². The summed E-state index contributed by atoms with van der Waals surface area (Å²) < 4.78 is 7.62. The Kier molecular flexibility index (Phi) is 6.89. The van der Waals surface area contributed by atoms with Gasteiger partial charge in [-0.3, -0.25) is 0 Å². The van der Waals surface area contributed by atoms with Crippen molar-refractivity contribution in [1.29, 1.82) is 0 Å². The number of imidazole rings is 1. The Morgan fingerprint density at radius 2 is 2.24 bits per heavy atom. The predicted octanol–water partition coefficient (Wildman–Crippen LogP) is 2.37. The van der Waals surface area contributed by atoms with Crippen molar-refractivity contribution < 1.29 is 4.74 Å². The molecule has 0 saturated heterocycles. The first-order valence-corrected chi connectivity index (χ1v) is 6.54. The zero-order chi connectivity index (χ0) is 12.5. The van der Waals surface area contributed by atoms with Gasteiger partial charge in [-0.2, -0.15) is 0 Å². The Morgan fingerprint density at radius 1 is 1.41 bits per heavy atom. The molecule has 0 amide bonds. The maximum atomic E-state index is 5.42. The first-order valence-electron chi connectivity index (χ1n) is 6.54. The lowest BCUT2D eigenvalue weighted by Crippen LogP contribution is -2.19. The van der Waals surface area contributed by atoms with Crippen LogP contribution in [0, 0.1) is 0 Å². The summed E-state index contributed by atoms with van der Waals surface area (Å²) in [6.07, 6.45) is 5.99. The zero-order valence-electron chi connectivity index (χ0n) is 11.3. The molecule has 0 unspecified atom stereocenters. The fourth-order valence-electron chi connectivity index (χ4n) is 1.70. The van der Waals surface area contributed by atoms with E-state index in [0.717, 1.165) is 39.1 Å². The molecule has 4 heteroatoms. The highest BCUT2D eigenvalue weighted by Gasteiger charge is 2.03. The zero-order valence-corrected chi connectivity index (χ0v) is 11.3. The summed E-state index contributed by atoms with van der Waals surface area (Å²) in [7, 11) is 0. The average Bonchev–Trinajstić information content (AvgIpc) is 2.76. The van der Waals surface area contributed by atoms with E-state index in [-0.39, 0.29) is 0 Å². The Hall–Kier alpha value is -0.870. The number of hydrogen-bond acceptors (Lipinski definition) is 3. The van der Waals surface area contributed by atoms with Gasteiger partial charge in [0.15, 0.2) is 0 Å². The molecule has 0 aromatic carbocycles. The van der Waals surface area contributed by atoms with Crippen LogP contribution in [0.4, 0.5) is 0 Å². The van der Waals surface area contributed by atoms with E-state index in [1.165, 1.54) is 5.69 Å². The number of rotatable bonds is 9. The molecule has 4 nitrogen and oxygen atoms in total. The first-order chi connectivity index (χ1) is 8.25. The molecule has 0 fully saturated rings. The van der Waals surface area contributed by atoms with Crippen molar-refractivity contribution in [2.24, 2.45) is 0 Å². The van der Waals surface area contributed by atoms with Crippen molar-refractivity contribution in [2.45, 2.75) is 46.2 Å². The van der Waals surface area contributed by atoms with Crippen LogP contribution in [0.15, 0.2) is 12.5 Å². The third-order valence-electron chi connectivity index (χ3n) is 2.60. The molecule has 0 saturated carbocycles. The van der Waals surface area contributed by atoms with E-state index in [9.17, 15) is 0 Å². The van der Waals surface area contributed by atoms with Crippen LogP contribution in [0.25, 0.3) is 0 Å². The monoisotopic (exact) mass is 239 g/mol. The maximum Gasteiger partial charge on any atom is 0.0951 e. The third kappa shape index (κ3) is 5.33. The van der Waals surface area contributed by atoms with Crippen molar-refractivity contribution >= 4 is 0 Å². The minimum atomic E-state index is 0.474. The minimum absolute atomic E-state index is 0.474. The number of aromatic nitrogens is 2. The number of ether oxygens (including phenoxy) is 1. The normalized spacial score (nSPS) is 11.3. The fraction of sp³-hybridized carbons (Fsp3) is 0.769. The van der Waals surface area contributed by atoms with Crippen LogP contribution >= 0.6 is 0 Å². The van der Waals surface area contributed by atoms with E-state index in [4.69, 9.17) is 4.74 Å². The standard InChI is InChI=1S/C13H25N3O/c1-4-7-17-8-5-6-14-9-13-10-15-11-16(13)12(2)3/h10-12,14H,4-9H2,1-3H3. The van der Waals surface area contributed by atoms with E-state index in [2.05, 4.69) is 35.6 Å². The molecule has 0 bridgehead atoms. The lowest BCUT2D eigenvalue weighted by atomic mass is 10.3. The second-order valence-electron chi connectivity index (χ2n) is 4.53. The Labute approximate surface area is 104 Å². The maximum absolute atomic E-state index is 5.42. The van der Waals surface area contributed by atoms with Crippen LogP contribution in [-0.4, -0.2) is 29.3 Å². The Balaban J connectivity index is 2.11. The van der Waals surface area contributed by atoms with Crippen molar-refractivity contribution in [3.63, 3.8) is 0 Å². The summed E-state index contributed by atoms with van der Waals surface area (Å²) in [4.78, 5) is 4.18. The van der Waals surface area contributed by atoms with Crippen LogP contribution in [0.2, 0.25) is 0 Å². The summed E-state index contributed by atoms with van der Waals surface area (Å²) >= 11 is 0. The minimum Gasteiger partial charge on any atom is -0.381 e.